The molecule has 0 fully saturated rings. The van der Waals surface area contributed by atoms with Crippen molar-refractivity contribution < 1.29 is 4.79 Å². The summed E-state index contributed by atoms with van der Waals surface area (Å²) in [6, 6.07) is 9.65. The molecular formula is C13H20N2O. The molecule has 88 valence electrons. The molecule has 1 amide bonds. The lowest BCUT2D eigenvalue weighted by molar-refractivity contribution is -0.122. The van der Waals surface area contributed by atoms with E-state index in [-0.39, 0.29) is 11.8 Å². The van der Waals surface area contributed by atoms with Crippen molar-refractivity contribution in [3.05, 3.63) is 30.3 Å². The molecule has 2 N–H and O–H groups in total. The van der Waals surface area contributed by atoms with Gasteiger partial charge in [0.2, 0.25) is 5.91 Å². The van der Waals surface area contributed by atoms with Gasteiger partial charge in [-0.3, -0.25) is 4.79 Å². The number of para-hydroxylation sites is 1. The maximum Gasteiger partial charge on any atom is 0.231 e. The van der Waals surface area contributed by atoms with Crippen molar-refractivity contribution in [2.75, 3.05) is 18.5 Å². The van der Waals surface area contributed by atoms with Gasteiger partial charge in [0.25, 0.3) is 0 Å². The van der Waals surface area contributed by atoms with Gasteiger partial charge in [0, 0.05) is 19.3 Å². The highest BCUT2D eigenvalue weighted by molar-refractivity contribution is 5.94. The van der Waals surface area contributed by atoms with E-state index in [1.807, 2.05) is 30.3 Å². The summed E-state index contributed by atoms with van der Waals surface area (Å²) in [6.07, 6.45) is 1.84. The third kappa shape index (κ3) is 3.07. The van der Waals surface area contributed by atoms with Crippen LogP contribution in [-0.4, -0.2) is 19.5 Å². The second-order valence-corrected chi connectivity index (χ2v) is 3.95. The second kappa shape index (κ2) is 6.28. The molecule has 0 aliphatic heterocycles. The maximum atomic E-state index is 12.1. The van der Waals surface area contributed by atoms with Crippen molar-refractivity contribution in [1.29, 1.82) is 0 Å². The fourth-order valence-corrected chi connectivity index (χ4v) is 1.74. The lowest BCUT2D eigenvalue weighted by atomic mass is 10.0. The minimum absolute atomic E-state index is 0.0600. The molecule has 0 aliphatic rings. The average Bonchev–Trinajstić information content (AvgIpc) is 2.35. The van der Waals surface area contributed by atoms with E-state index in [4.69, 9.17) is 5.73 Å². The van der Waals surface area contributed by atoms with Crippen LogP contribution in [0.1, 0.15) is 19.8 Å². The Hall–Kier alpha value is -1.35. The lowest BCUT2D eigenvalue weighted by Crippen LogP contribution is -2.36. The largest absolute Gasteiger partial charge is 0.330 e. The number of benzene rings is 1. The Morgan fingerprint density at radius 1 is 1.38 bits per heavy atom. The zero-order valence-electron chi connectivity index (χ0n) is 10.0. The zero-order valence-corrected chi connectivity index (χ0v) is 10.0. The highest BCUT2D eigenvalue weighted by atomic mass is 16.2. The van der Waals surface area contributed by atoms with E-state index in [9.17, 15) is 4.79 Å². The van der Waals surface area contributed by atoms with Gasteiger partial charge < -0.3 is 10.6 Å². The fourth-order valence-electron chi connectivity index (χ4n) is 1.74. The van der Waals surface area contributed by atoms with E-state index >= 15 is 0 Å². The first-order chi connectivity index (χ1) is 7.70. The summed E-state index contributed by atoms with van der Waals surface area (Å²) < 4.78 is 0. The van der Waals surface area contributed by atoms with Gasteiger partial charge in [0.05, 0.1) is 5.92 Å². The summed E-state index contributed by atoms with van der Waals surface area (Å²) in [5, 5.41) is 0. The minimum Gasteiger partial charge on any atom is -0.330 e. The van der Waals surface area contributed by atoms with Crippen LogP contribution in [0.25, 0.3) is 0 Å². The van der Waals surface area contributed by atoms with Gasteiger partial charge in [-0.15, -0.1) is 0 Å². The maximum absolute atomic E-state index is 12.1. The van der Waals surface area contributed by atoms with Crippen molar-refractivity contribution in [3.63, 3.8) is 0 Å². The molecule has 1 rings (SSSR count). The Balaban J connectivity index is 2.73. The zero-order chi connectivity index (χ0) is 12.0. The Morgan fingerprint density at radius 3 is 2.50 bits per heavy atom. The summed E-state index contributed by atoms with van der Waals surface area (Å²) in [4.78, 5) is 13.8. The van der Waals surface area contributed by atoms with E-state index in [1.54, 1.807) is 11.9 Å². The number of hydrogen-bond donors (Lipinski definition) is 1. The summed E-state index contributed by atoms with van der Waals surface area (Å²) >= 11 is 0. The Kier molecular flexibility index (Phi) is 4.99. The van der Waals surface area contributed by atoms with Gasteiger partial charge >= 0.3 is 0 Å². The number of rotatable bonds is 5. The highest BCUT2D eigenvalue weighted by Gasteiger charge is 2.20. The number of carbonyl (C=O) groups excluding carboxylic acids is 1. The number of nitrogens with zero attached hydrogens (tertiary/aromatic N) is 1. The summed E-state index contributed by atoms with van der Waals surface area (Å²) in [6.45, 7) is 2.49. The molecule has 0 aliphatic carbocycles. The Bertz CT molecular complexity index is 324. The van der Waals surface area contributed by atoms with Gasteiger partial charge in [0.1, 0.15) is 0 Å². The van der Waals surface area contributed by atoms with Crippen LogP contribution in [0, 0.1) is 5.92 Å². The normalized spacial score (nSPS) is 12.2. The van der Waals surface area contributed by atoms with Gasteiger partial charge in [0.15, 0.2) is 0 Å². The molecule has 0 saturated heterocycles. The minimum atomic E-state index is -0.0600. The average molecular weight is 220 g/mol. The fraction of sp³-hybridized carbons (Fsp3) is 0.462. The van der Waals surface area contributed by atoms with Crippen LogP contribution in [-0.2, 0) is 4.79 Å². The molecule has 3 heteroatoms. The van der Waals surface area contributed by atoms with Crippen molar-refractivity contribution in [1.82, 2.24) is 0 Å². The van der Waals surface area contributed by atoms with E-state index < -0.39 is 0 Å². The number of hydrogen-bond acceptors (Lipinski definition) is 2. The molecule has 3 nitrogen and oxygen atoms in total. The molecule has 1 aromatic carbocycles. The standard InChI is InChI=1S/C13H20N2O/c1-3-7-11(10-14)13(16)15(2)12-8-5-4-6-9-12/h4-6,8-9,11H,3,7,10,14H2,1-2H3. The third-order valence-corrected chi connectivity index (χ3v) is 2.74. The molecule has 1 aromatic rings. The predicted octanol–water partition coefficient (Wildman–Crippen LogP) is 2.02. The lowest BCUT2D eigenvalue weighted by Gasteiger charge is -2.22. The number of amides is 1. The smallest absolute Gasteiger partial charge is 0.231 e. The number of anilines is 1. The van der Waals surface area contributed by atoms with Crippen LogP contribution in [0.3, 0.4) is 0 Å². The monoisotopic (exact) mass is 220 g/mol. The molecule has 0 saturated carbocycles. The van der Waals surface area contributed by atoms with Gasteiger partial charge in [-0.25, -0.2) is 0 Å². The Labute approximate surface area is 97.2 Å². The van der Waals surface area contributed by atoms with Crippen LogP contribution >= 0.6 is 0 Å². The molecule has 0 spiro atoms. The van der Waals surface area contributed by atoms with Crippen molar-refractivity contribution >= 4 is 11.6 Å². The topological polar surface area (TPSA) is 46.3 Å². The van der Waals surface area contributed by atoms with Crippen molar-refractivity contribution in [2.24, 2.45) is 11.7 Å². The predicted molar refractivity (Wildman–Crippen MR) is 67.3 cm³/mol. The number of carbonyl (C=O) groups is 1. The molecule has 16 heavy (non-hydrogen) atoms. The molecule has 0 radical (unpaired) electrons. The first-order valence-corrected chi connectivity index (χ1v) is 5.73. The summed E-state index contributed by atoms with van der Waals surface area (Å²) in [7, 11) is 1.80. The number of nitrogens with two attached hydrogens (primary N) is 1. The van der Waals surface area contributed by atoms with Gasteiger partial charge in [-0.1, -0.05) is 31.5 Å². The van der Waals surface area contributed by atoms with Crippen LogP contribution < -0.4 is 10.6 Å². The first kappa shape index (κ1) is 12.7. The highest BCUT2D eigenvalue weighted by Crippen LogP contribution is 2.16. The van der Waals surface area contributed by atoms with Crippen LogP contribution in [0.15, 0.2) is 30.3 Å². The van der Waals surface area contributed by atoms with Crippen LogP contribution in [0.2, 0.25) is 0 Å². The molecular weight excluding hydrogens is 200 g/mol. The molecule has 1 atom stereocenters. The summed E-state index contributed by atoms with van der Waals surface area (Å²) in [5.74, 6) is 0.0470. The van der Waals surface area contributed by atoms with Gasteiger partial charge in [-0.05, 0) is 18.6 Å². The summed E-state index contributed by atoms with van der Waals surface area (Å²) in [5.41, 5.74) is 6.55. The molecule has 1 unspecified atom stereocenters. The van der Waals surface area contributed by atoms with E-state index in [0.717, 1.165) is 18.5 Å². The first-order valence-electron chi connectivity index (χ1n) is 5.73. The molecule has 0 heterocycles. The third-order valence-electron chi connectivity index (χ3n) is 2.74. The molecule has 0 bridgehead atoms. The van der Waals surface area contributed by atoms with Crippen molar-refractivity contribution in [3.8, 4) is 0 Å². The van der Waals surface area contributed by atoms with Crippen LogP contribution in [0.5, 0.6) is 0 Å². The molecule has 0 aromatic heterocycles. The van der Waals surface area contributed by atoms with Crippen molar-refractivity contribution in [2.45, 2.75) is 19.8 Å². The Morgan fingerprint density at radius 2 is 2.00 bits per heavy atom. The van der Waals surface area contributed by atoms with E-state index in [0.29, 0.717) is 6.54 Å². The second-order valence-electron chi connectivity index (χ2n) is 3.95. The van der Waals surface area contributed by atoms with Gasteiger partial charge in [-0.2, -0.15) is 0 Å². The van der Waals surface area contributed by atoms with E-state index in [2.05, 4.69) is 6.92 Å². The van der Waals surface area contributed by atoms with Crippen LogP contribution in [0.4, 0.5) is 5.69 Å². The SMILES string of the molecule is CCCC(CN)C(=O)N(C)c1ccccc1. The quantitative estimate of drug-likeness (QED) is 0.825. The van der Waals surface area contributed by atoms with E-state index in [1.165, 1.54) is 0 Å².